The molecular formula is C25H21FN4O3. The highest BCUT2D eigenvalue weighted by Crippen LogP contribution is 2.28. The van der Waals surface area contributed by atoms with Crippen molar-refractivity contribution < 1.29 is 13.9 Å². The van der Waals surface area contributed by atoms with Crippen molar-refractivity contribution in [1.82, 2.24) is 15.1 Å². The second kappa shape index (κ2) is 9.78. The molecule has 0 unspecified atom stereocenters. The molecule has 166 valence electrons. The lowest BCUT2D eigenvalue weighted by atomic mass is 10.2. The number of anilines is 2. The van der Waals surface area contributed by atoms with Crippen molar-refractivity contribution in [1.29, 1.82) is 0 Å². The number of carbonyl (C=O) groups excluding carboxylic acids is 1. The SMILES string of the molecule is CCNC(=O)c1ccc(Nc2c(Oc3ccccc3)cnn(-c3ccc(F)cc3)c2=O)cc1. The summed E-state index contributed by atoms with van der Waals surface area (Å²) in [6, 6.07) is 21.1. The largest absolute Gasteiger partial charge is 0.453 e. The van der Waals surface area contributed by atoms with Gasteiger partial charge >= 0.3 is 0 Å². The van der Waals surface area contributed by atoms with Crippen LogP contribution in [0.3, 0.4) is 0 Å². The molecule has 8 heteroatoms. The predicted octanol–water partition coefficient (Wildman–Crippen LogP) is 4.66. The van der Waals surface area contributed by atoms with Gasteiger partial charge in [-0.25, -0.2) is 4.39 Å². The predicted molar refractivity (Wildman–Crippen MR) is 124 cm³/mol. The van der Waals surface area contributed by atoms with Crippen molar-refractivity contribution in [2.24, 2.45) is 0 Å². The number of ether oxygens (including phenoxy) is 1. The van der Waals surface area contributed by atoms with Crippen LogP contribution in [-0.4, -0.2) is 22.2 Å². The second-order valence-electron chi connectivity index (χ2n) is 7.05. The number of carbonyl (C=O) groups is 1. The molecule has 33 heavy (non-hydrogen) atoms. The quantitative estimate of drug-likeness (QED) is 0.433. The highest BCUT2D eigenvalue weighted by Gasteiger charge is 2.16. The van der Waals surface area contributed by atoms with E-state index in [2.05, 4.69) is 15.7 Å². The van der Waals surface area contributed by atoms with E-state index in [0.717, 1.165) is 4.68 Å². The van der Waals surface area contributed by atoms with Crippen molar-refractivity contribution in [3.8, 4) is 17.2 Å². The molecule has 1 aromatic heterocycles. The maximum absolute atomic E-state index is 13.3. The van der Waals surface area contributed by atoms with Gasteiger partial charge in [0.2, 0.25) is 0 Å². The molecule has 3 aromatic carbocycles. The lowest BCUT2D eigenvalue weighted by Gasteiger charge is -2.15. The highest BCUT2D eigenvalue weighted by molar-refractivity contribution is 5.94. The number of hydrogen-bond acceptors (Lipinski definition) is 5. The zero-order chi connectivity index (χ0) is 23.2. The Morgan fingerprint density at radius 1 is 1.00 bits per heavy atom. The normalized spacial score (nSPS) is 10.5. The second-order valence-corrected chi connectivity index (χ2v) is 7.05. The minimum Gasteiger partial charge on any atom is -0.453 e. The number of amides is 1. The Hall–Kier alpha value is -4.46. The molecule has 2 N–H and O–H groups in total. The van der Waals surface area contributed by atoms with Gasteiger partial charge < -0.3 is 15.4 Å². The Kier molecular flexibility index (Phi) is 6.45. The van der Waals surface area contributed by atoms with Crippen molar-refractivity contribution >= 4 is 17.3 Å². The molecule has 7 nitrogen and oxygen atoms in total. The van der Waals surface area contributed by atoms with Gasteiger partial charge in [-0.3, -0.25) is 9.59 Å². The smallest absolute Gasteiger partial charge is 0.299 e. The number of halogens is 1. The van der Waals surface area contributed by atoms with Gasteiger partial charge in [0.15, 0.2) is 11.4 Å². The standard InChI is InChI=1S/C25H21FN4O3/c1-2-27-24(31)17-8-12-19(13-9-17)29-23-22(33-21-6-4-3-5-7-21)16-28-30(25(23)32)20-14-10-18(26)11-15-20/h3-16,29H,2H2,1H3,(H,27,31). The molecule has 0 radical (unpaired) electrons. The number of benzene rings is 3. The molecule has 0 saturated heterocycles. The Morgan fingerprint density at radius 3 is 2.36 bits per heavy atom. The Labute approximate surface area is 189 Å². The first-order valence-corrected chi connectivity index (χ1v) is 10.3. The van der Waals surface area contributed by atoms with Crippen LogP contribution in [-0.2, 0) is 0 Å². The van der Waals surface area contributed by atoms with Gasteiger partial charge in [0.05, 0.1) is 11.9 Å². The van der Waals surface area contributed by atoms with Crippen molar-refractivity contribution in [3.05, 3.63) is 107 Å². The van der Waals surface area contributed by atoms with Gasteiger partial charge in [-0.1, -0.05) is 18.2 Å². The van der Waals surface area contributed by atoms with Crippen LogP contribution in [0.2, 0.25) is 0 Å². The lowest BCUT2D eigenvalue weighted by molar-refractivity contribution is 0.0956. The van der Waals surface area contributed by atoms with Gasteiger partial charge in [-0.15, -0.1) is 0 Å². The molecular weight excluding hydrogens is 423 g/mol. The molecule has 0 aliphatic carbocycles. The minimum atomic E-state index is -0.483. The van der Waals surface area contributed by atoms with Gasteiger partial charge in [-0.2, -0.15) is 9.78 Å². The van der Waals surface area contributed by atoms with E-state index in [-0.39, 0.29) is 17.3 Å². The third-order valence-electron chi connectivity index (χ3n) is 4.74. The van der Waals surface area contributed by atoms with E-state index in [4.69, 9.17) is 4.74 Å². The monoisotopic (exact) mass is 444 g/mol. The average Bonchev–Trinajstić information content (AvgIpc) is 2.83. The molecule has 1 amide bonds. The van der Waals surface area contributed by atoms with Crippen LogP contribution >= 0.6 is 0 Å². The summed E-state index contributed by atoms with van der Waals surface area (Å²) in [5.41, 5.74) is 1.14. The van der Waals surface area contributed by atoms with Crippen molar-refractivity contribution in [2.45, 2.75) is 6.92 Å². The van der Waals surface area contributed by atoms with Crippen LogP contribution in [0.1, 0.15) is 17.3 Å². The molecule has 0 aliphatic rings. The zero-order valence-corrected chi connectivity index (χ0v) is 17.8. The first-order valence-electron chi connectivity index (χ1n) is 10.3. The van der Waals surface area contributed by atoms with Crippen LogP contribution in [0.5, 0.6) is 11.5 Å². The van der Waals surface area contributed by atoms with E-state index < -0.39 is 11.4 Å². The van der Waals surface area contributed by atoms with Crippen molar-refractivity contribution in [3.63, 3.8) is 0 Å². The number of nitrogens with zero attached hydrogens (tertiary/aromatic N) is 2. The first kappa shape index (κ1) is 21.8. The molecule has 1 heterocycles. The van der Waals surface area contributed by atoms with Gasteiger partial charge in [-0.05, 0) is 67.6 Å². The summed E-state index contributed by atoms with van der Waals surface area (Å²) < 4.78 is 20.4. The minimum absolute atomic E-state index is 0.143. The van der Waals surface area contributed by atoms with Crippen LogP contribution in [0.25, 0.3) is 5.69 Å². The summed E-state index contributed by atoms with van der Waals surface area (Å²) in [7, 11) is 0. The van der Waals surface area contributed by atoms with Gasteiger partial charge in [0.25, 0.3) is 11.5 Å². The highest BCUT2D eigenvalue weighted by atomic mass is 19.1. The lowest BCUT2D eigenvalue weighted by Crippen LogP contribution is -2.24. The van der Waals surface area contributed by atoms with E-state index in [1.807, 2.05) is 25.1 Å². The summed E-state index contributed by atoms with van der Waals surface area (Å²) in [4.78, 5) is 25.3. The number of nitrogens with one attached hydrogen (secondary N) is 2. The molecule has 4 aromatic rings. The molecule has 0 saturated carbocycles. The fourth-order valence-corrected chi connectivity index (χ4v) is 3.12. The third-order valence-corrected chi connectivity index (χ3v) is 4.74. The van der Waals surface area contributed by atoms with Crippen LogP contribution in [0.15, 0.2) is 89.9 Å². The van der Waals surface area contributed by atoms with Crippen LogP contribution < -0.4 is 20.9 Å². The number of aromatic nitrogens is 2. The number of para-hydroxylation sites is 1. The molecule has 4 rings (SSSR count). The molecule has 0 aliphatic heterocycles. The van der Waals surface area contributed by atoms with E-state index in [1.165, 1.54) is 30.5 Å². The molecule has 0 fully saturated rings. The third kappa shape index (κ3) is 5.07. The van der Waals surface area contributed by atoms with Gasteiger partial charge in [0, 0.05) is 17.8 Å². The van der Waals surface area contributed by atoms with E-state index in [0.29, 0.717) is 29.2 Å². The summed E-state index contributed by atoms with van der Waals surface area (Å²) in [6.07, 6.45) is 1.42. The van der Waals surface area contributed by atoms with Crippen molar-refractivity contribution in [2.75, 3.05) is 11.9 Å². The summed E-state index contributed by atoms with van der Waals surface area (Å²) >= 11 is 0. The zero-order valence-electron chi connectivity index (χ0n) is 17.8. The Morgan fingerprint density at radius 2 is 1.70 bits per heavy atom. The Bertz CT molecular complexity index is 1300. The maximum atomic E-state index is 13.3. The first-order chi connectivity index (χ1) is 16.0. The molecule has 0 atom stereocenters. The fraction of sp³-hybridized carbons (Fsp3) is 0.0800. The summed E-state index contributed by atoms with van der Waals surface area (Å²) in [5.74, 6) is 0.159. The fourth-order valence-electron chi connectivity index (χ4n) is 3.12. The number of rotatable bonds is 7. The van der Waals surface area contributed by atoms with Gasteiger partial charge in [0.1, 0.15) is 11.6 Å². The van der Waals surface area contributed by atoms with E-state index in [9.17, 15) is 14.0 Å². The van der Waals surface area contributed by atoms with Crippen LogP contribution in [0.4, 0.5) is 15.8 Å². The van der Waals surface area contributed by atoms with Crippen LogP contribution in [0, 0.1) is 5.82 Å². The molecule has 0 bridgehead atoms. The van der Waals surface area contributed by atoms with E-state index >= 15 is 0 Å². The maximum Gasteiger partial charge on any atom is 0.299 e. The topological polar surface area (TPSA) is 85.2 Å². The molecule has 0 spiro atoms. The Balaban J connectivity index is 1.72. The summed E-state index contributed by atoms with van der Waals surface area (Å²) in [6.45, 7) is 2.37. The van der Waals surface area contributed by atoms with E-state index in [1.54, 1.807) is 36.4 Å². The number of hydrogen-bond donors (Lipinski definition) is 2. The summed E-state index contributed by atoms with van der Waals surface area (Å²) in [5, 5.41) is 10.0. The average molecular weight is 444 g/mol.